The van der Waals surface area contributed by atoms with E-state index in [1.807, 2.05) is 4.68 Å². The minimum absolute atomic E-state index is 0.298. The van der Waals surface area contributed by atoms with Crippen LogP contribution in [0.15, 0.2) is 36.5 Å². The van der Waals surface area contributed by atoms with Gasteiger partial charge in [0, 0.05) is 6.07 Å². The molecule has 0 unspecified atom stereocenters. The second-order valence-electron chi connectivity index (χ2n) is 6.05. The summed E-state index contributed by atoms with van der Waals surface area (Å²) in [6, 6.07) is 7.27. The van der Waals surface area contributed by atoms with Crippen molar-refractivity contribution in [3.8, 4) is 5.75 Å². The highest BCUT2D eigenvalue weighted by Crippen LogP contribution is 2.31. The summed E-state index contributed by atoms with van der Waals surface area (Å²) in [4.78, 5) is 23.6. The predicted molar refractivity (Wildman–Crippen MR) is 91.2 cm³/mol. The van der Waals surface area contributed by atoms with Crippen molar-refractivity contribution in [2.24, 2.45) is 0 Å². The standard InChI is InChI=1S/C18H20FN3O4/c19-13-5-7-15(8-6-13)25-12-18(24)26-11-17(23)21-16-9-10-20-22(16)14-3-1-2-4-14/h5-10,14H,1-4,11-12H2,(H,21,23). The van der Waals surface area contributed by atoms with Crippen molar-refractivity contribution < 1.29 is 23.5 Å². The first-order chi connectivity index (χ1) is 12.6. The van der Waals surface area contributed by atoms with Gasteiger partial charge in [0.05, 0.1) is 12.2 Å². The topological polar surface area (TPSA) is 82.5 Å². The molecule has 138 valence electrons. The molecule has 1 fully saturated rings. The second-order valence-corrected chi connectivity index (χ2v) is 6.05. The number of nitrogens with zero attached hydrogens (tertiary/aromatic N) is 2. The Balaban J connectivity index is 1.42. The molecule has 1 saturated carbocycles. The maximum absolute atomic E-state index is 12.8. The molecule has 8 heteroatoms. The molecule has 1 heterocycles. The zero-order valence-corrected chi connectivity index (χ0v) is 14.2. The molecule has 7 nitrogen and oxygen atoms in total. The van der Waals surface area contributed by atoms with Gasteiger partial charge >= 0.3 is 5.97 Å². The van der Waals surface area contributed by atoms with Crippen molar-refractivity contribution in [1.82, 2.24) is 9.78 Å². The fraction of sp³-hybridized carbons (Fsp3) is 0.389. The Morgan fingerprint density at radius 3 is 2.62 bits per heavy atom. The number of amides is 1. The molecular formula is C18H20FN3O4. The van der Waals surface area contributed by atoms with Crippen LogP contribution in [-0.4, -0.2) is 34.9 Å². The molecular weight excluding hydrogens is 341 g/mol. The summed E-state index contributed by atoms with van der Waals surface area (Å²) < 4.78 is 24.6. The van der Waals surface area contributed by atoms with E-state index < -0.39 is 24.3 Å². The third kappa shape index (κ3) is 4.81. The van der Waals surface area contributed by atoms with Crippen LogP contribution >= 0.6 is 0 Å². The largest absolute Gasteiger partial charge is 0.482 e. The van der Waals surface area contributed by atoms with E-state index in [2.05, 4.69) is 10.4 Å². The van der Waals surface area contributed by atoms with Crippen LogP contribution in [0.2, 0.25) is 0 Å². The van der Waals surface area contributed by atoms with Gasteiger partial charge in [0.15, 0.2) is 13.2 Å². The molecule has 0 atom stereocenters. The lowest BCUT2D eigenvalue weighted by Gasteiger charge is -2.14. The Hall–Kier alpha value is -2.90. The molecule has 0 saturated heterocycles. The lowest BCUT2D eigenvalue weighted by Crippen LogP contribution is -2.25. The third-order valence-electron chi connectivity index (χ3n) is 4.14. The monoisotopic (exact) mass is 361 g/mol. The first-order valence-electron chi connectivity index (χ1n) is 8.49. The summed E-state index contributed by atoms with van der Waals surface area (Å²) in [5, 5.41) is 6.97. The molecule has 3 rings (SSSR count). The number of hydrogen-bond acceptors (Lipinski definition) is 5. The number of carbonyl (C=O) groups is 2. The quantitative estimate of drug-likeness (QED) is 0.767. The number of rotatable bonds is 7. The van der Waals surface area contributed by atoms with Crippen molar-refractivity contribution in [2.75, 3.05) is 18.5 Å². The normalized spacial score (nSPS) is 14.2. The Labute approximate surface area is 150 Å². The maximum Gasteiger partial charge on any atom is 0.344 e. The van der Waals surface area contributed by atoms with Crippen molar-refractivity contribution in [1.29, 1.82) is 0 Å². The number of nitrogens with one attached hydrogen (secondary N) is 1. The first-order valence-corrected chi connectivity index (χ1v) is 8.49. The van der Waals surface area contributed by atoms with Crippen LogP contribution in [0.25, 0.3) is 0 Å². The van der Waals surface area contributed by atoms with Crippen molar-refractivity contribution >= 4 is 17.7 Å². The van der Waals surface area contributed by atoms with Crippen LogP contribution in [0.3, 0.4) is 0 Å². The van der Waals surface area contributed by atoms with Gasteiger partial charge in [0.2, 0.25) is 0 Å². The molecule has 0 spiro atoms. The molecule has 1 aliphatic carbocycles. The molecule has 1 aliphatic rings. The minimum atomic E-state index is -0.686. The molecule has 0 radical (unpaired) electrons. The van der Waals surface area contributed by atoms with Crippen LogP contribution in [0.5, 0.6) is 5.75 Å². The van der Waals surface area contributed by atoms with Gasteiger partial charge in [-0.2, -0.15) is 5.10 Å². The number of hydrogen-bond donors (Lipinski definition) is 1. The van der Waals surface area contributed by atoms with E-state index in [1.54, 1.807) is 12.3 Å². The molecule has 1 aromatic carbocycles. The fourth-order valence-electron chi connectivity index (χ4n) is 2.89. The number of anilines is 1. The van der Waals surface area contributed by atoms with E-state index in [-0.39, 0.29) is 6.61 Å². The van der Waals surface area contributed by atoms with Crippen LogP contribution in [0, 0.1) is 5.82 Å². The minimum Gasteiger partial charge on any atom is -0.482 e. The van der Waals surface area contributed by atoms with Gasteiger partial charge in [-0.3, -0.25) is 4.79 Å². The Morgan fingerprint density at radius 2 is 1.88 bits per heavy atom. The number of benzene rings is 1. The zero-order chi connectivity index (χ0) is 18.4. The average molecular weight is 361 g/mol. The smallest absolute Gasteiger partial charge is 0.344 e. The van der Waals surface area contributed by atoms with E-state index in [4.69, 9.17) is 9.47 Å². The van der Waals surface area contributed by atoms with Crippen molar-refractivity contribution in [3.05, 3.63) is 42.3 Å². The van der Waals surface area contributed by atoms with Crippen LogP contribution in [0.1, 0.15) is 31.7 Å². The van der Waals surface area contributed by atoms with E-state index in [1.165, 1.54) is 24.3 Å². The van der Waals surface area contributed by atoms with Gasteiger partial charge in [-0.15, -0.1) is 0 Å². The molecule has 1 aromatic heterocycles. The Bertz CT molecular complexity index is 754. The number of halogens is 1. The van der Waals surface area contributed by atoms with Gasteiger partial charge in [-0.25, -0.2) is 13.9 Å². The molecule has 1 N–H and O–H groups in total. The SMILES string of the molecule is O=C(COC(=O)COc1ccc(F)cc1)Nc1ccnn1C1CCCC1. The average Bonchev–Trinajstić information content (AvgIpc) is 3.31. The lowest BCUT2D eigenvalue weighted by molar-refractivity contribution is -0.149. The molecule has 26 heavy (non-hydrogen) atoms. The summed E-state index contributed by atoms with van der Waals surface area (Å²) in [6.45, 7) is -0.777. The Morgan fingerprint density at radius 1 is 1.15 bits per heavy atom. The van der Waals surface area contributed by atoms with Gasteiger partial charge in [-0.1, -0.05) is 12.8 Å². The first kappa shape index (κ1) is 17.9. The van der Waals surface area contributed by atoms with E-state index in [0.29, 0.717) is 17.6 Å². The number of ether oxygens (including phenoxy) is 2. The number of carbonyl (C=O) groups excluding carboxylic acids is 2. The van der Waals surface area contributed by atoms with E-state index in [9.17, 15) is 14.0 Å². The summed E-state index contributed by atoms with van der Waals surface area (Å²) >= 11 is 0. The zero-order valence-electron chi connectivity index (χ0n) is 14.2. The van der Waals surface area contributed by atoms with Crippen LogP contribution in [0.4, 0.5) is 10.2 Å². The Kier molecular flexibility index (Phi) is 5.83. The van der Waals surface area contributed by atoms with Gasteiger partial charge in [0.25, 0.3) is 5.91 Å². The van der Waals surface area contributed by atoms with Gasteiger partial charge in [0.1, 0.15) is 17.4 Å². The van der Waals surface area contributed by atoms with Crippen molar-refractivity contribution in [2.45, 2.75) is 31.7 Å². The maximum atomic E-state index is 12.8. The summed E-state index contributed by atoms with van der Waals surface area (Å²) in [6.07, 6.45) is 6.03. The molecule has 0 bridgehead atoms. The van der Waals surface area contributed by atoms with Gasteiger partial charge < -0.3 is 14.8 Å². The van der Waals surface area contributed by atoms with Crippen LogP contribution in [-0.2, 0) is 14.3 Å². The third-order valence-corrected chi connectivity index (χ3v) is 4.14. The van der Waals surface area contributed by atoms with Gasteiger partial charge in [-0.05, 0) is 37.1 Å². The molecule has 1 amide bonds. The van der Waals surface area contributed by atoms with Crippen LogP contribution < -0.4 is 10.1 Å². The van der Waals surface area contributed by atoms with E-state index in [0.717, 1.165) is 25.7 Å². The second kappa shape index (κ2) is 8.46. The highest BCUT2D eigenvalue weighted by Gasteiger charge is 2.20. The lowest BCUT2D eigenvalue weighted by atomic mass is 10.2. The molecule has 0 aliphatic heterocycles. The summed E-state index contributed by atoms with van der Waals surface area (Å²) in [7, 11) is 0. The number of aromatic nitrogens is 2. The summed E-state index contributed by atoms with van der Waals surface area (Å²) in [5.74, 6) is -0.587. The van der Waals surface area contributed by atoms with E-state index >= 15 is 0 Å². The predicted octanol–water partition coefficient (Wildman–Crippen LogP) is 2.70. The molecule has 2 aromatic rings. The number of esters is 1. The highest BCUT2D eigenvalue weighted by molar-refractivity contribution is 5.92. The fourth-order valence-corrected chi connectivity index (χ4v) is 2.89. The summed E-state index contributed by atoms with van der Waals surface area (Å²) in [5.41, 5.74) is 0. The highest BCUT2D eigenvalue weighted by atomic mass is 19.1. The van der Waals surface area contributed by atoms with Crippen molar-refractivity contribution in [3.63, 3.8) is 0 Å².